The Labute approximate surface area is 167 Å². The van der Waals surface area contributed by atoms with Gasteiger partial charge in [-0.25, -0.2) is 0 Å². The summed E-state index contributed by atoms with van der Waals surface area (Å²) in [7, 11) is 1.63. The Morgan fingerprint density at radius 2 is 1.57 bits per heavy atom. The Morgan fingerprint density at radius 3 is 2.25 bits per heavy atom. The van der Waals surface area contributed by atoms with Crippen molar-refractivity contribution in [3.8, 4) is 11.5 Å². The monoisotopic (exact) mass is 383 g/mol. The molecular weight excluding hydrogens is 354 g/mol. The van der Waals surface area contributed by atoms with Crippen LogP contribution in [0.5, 0.6) is 11.5 Å². The Bertz CT molecular complexity index is 714. The molecule has 150 valence electrons. The Balaban J connectivity index is 1.28. The molecule has 0 radical (unpaired) electrons. The van der Waals surface area contributed by atoms with Gasteiger partial charge < -0.3 is 14.8 Å². The van der Waals surface area contributed by atoms with E-state index in [0.717, 1.165) is 44.2 Å². The zero-order valence-corrected chi connectivity index (χ0v) is 16.5. The molecule has 2 aromatic rings. The Morgan fingerprint density at radius 1 is 0.929 bits per heavy atom. The molecule has 6 nitrogen and oxygen atoms in total. The summed E-state index contributed by atoms with van der Waals surface area (Å²) in [6, 6.07) is 17.9. The van der Waals surface area contributed by atoms with Gasteiger partial charge in [-0.1, -0.05) is 30.3 Å². The third-order valence-corrected chi connectivity index (χ3v) is 4.83. The number of hydrogen-bond acceptors (Lipinski definition) is 5. The number of carbonyl (C=O) groups excluding carboxylic acids is 1. The molecule has 28 heavy (non-hydrogen) atoms. The molecule has 2 aromatic carbocycles. The number of carbonyl (C=O) groups is 1. The largest absolute Gasteiger partial charge is 0.497 e. The van der Waals surface area contributed by atoms with Crippen LogP contribution < -0.4 is 14.8 Å². The van der Waals surface area contributed by atoms with Crippen molar-refractivity contribution in [1.29, 1.82) is 0 Å². The number of nitrogens with zero attached hydrogens (tertiary/aromatic N) is 2. The first-order chi connectivity index (χ1) is 13.7. The molecule has 1 saturated heterocycles. The van der Waals surface area contributed by atoms with Gasteiger partial charge in [0.2, 0.25) is 5.91 Å². The fraction of sp³-hybridized carbons (Fsp3) is 0.409. The maximum absolute atomic E-state index is 12.1. The number of rotatable bonds is 9. The minimum absolute atomic E-state index is 0.0508. The number of hydrogen-bond donors (Lipinski definition) is 1. The van der Waals surface area contributed by atoms with E-state index >= 15 is 0 Å². The molecule has 1 aliphatic rings. The first-order valence-electron chi connectivity index (χ1n) is 9.75. The van der Waals surface area contributed by atoms with Crippen LogP contribution in [0.3, 0.4) is 0 Å². The molecule has 3 rings (SSSR count). The average Bonchev–Trinajstić information content (AvgIpc) is 2.74. The average molecular weight is 383 g/mol. The van der Waals surface area contributed by atoms with Gasteiger partial charge in [-0.2, -0.15) is 0 Å². The molecule has 6 heteroatoms. The predicted octanol–water partition coefficient (Wildman–Crippen LogP) is 2.01. The van der Waals surface area contributed by atoms with Crippen molar-refractivity contribution in [2.45, 2.75) is 6.54 Å². The van der Waals surface area contributed by atoms with E-state index in [2.05, 4.69) is 39.4 Å². The van der Waals surface area contributed by atoms with E-state index in [1.54, 1.807) is 7.11 Å². The smallest absolute Gasteiger partial charge is 0.234 e. The fourth-order valence-corrected chi connectivity index (χ4v) is 3.24. The van der Waals surface area contributed by atoms with E-state index in [4.69, 9.17) is 9.47 Å². The number of benzene rings is 2. The molecular formula is C22H29N3O3. The van der Waals surface area contributed by atoms with Crippen LogP contribution in [0, 0.1) is 0 Å². The molecule has 1 aliphatic heterocycles. The second kappa shape index (κ2) is 10.7. The van der Waals surface area contributed by atoms with E-state index in [9.17, 15) is 4.79 Å². The van der Waals surface area contributed by atoms with Gasteiger partial charge in [0.1, 0.15) is 18.1 Å². The third-order valence-electron chi connectivity index (χ3n) is 4.83. The molecule has 1 heterocycles. The fourth-order valence-electron chi connectivity index (χ4n) is 3.24. The van der Waals surface area contributed by atoms with Crippen LogP contribution in [0.25, 0.3) is 0 Å². The number of methoxy groups -OCH3 is 1. The van der Waals surface area contributed by atoms with Gasteiger partial charge in [-0.15, -0.1) is 0 Å². The van der Waals surface area contributed by atoms with Crippen molar-refractivity contribution in [3.05, 3.63) is 60.2 Å². The maximum Gasteiger partial charge on any atom is 0.234 e. The van der Waals surface area contributed by atoms with Crippen molar-refractivity contribution in [1.82, 2.24) is 15.1 Å². The summed E-state index contributed by atoms with van der Waals surface area (Å²) >= 11 is 0. The molecule has 1 fully saturated rings. The second-order valence-corrected chi connectivity index (χ2v) is 6.91. The summed E-state index contributed by atoms with van der Waals surface area (Å²) in [6.07, 6.45) is 0. The lowest BCUT2D eigenvalue weighted by molar-refractivity contribution is -0.122. The highest BCUT2D eigenvalue weighted by Gasteiger charge is 2.18. The van der Waals surface area contributed by atoms with E-state index in [-0.39, 0.29) is 5.91 Å². The van der Waals surface area contributed by atoms with Gasteiger partial charge in [0.25, 0.3) is 0 Å². The van der Waals surface area contributed by atoms with Gasteiger partial charge in [-0.3, -0.25) is 14.6 Å². The quantitative estimate of drug-likeness (QED) is 0.672. The molecule has 0 aromatic heterocycles. The molecule has 1 amide bonds. The van der Waals surface area contributed by atoms with Crippen molar-refractivity contribution in [2.24, 2.45) is 0 Å². The Kier molecular flexibility index (Phi) is 7.70. The van der Waals surface area contributed by atoms with Gasteiger partial charge in [0.05, 0.1) is 20.2 Å². The van der Waals surface area contributed by atoms with E-state index < -0.39 is 0 Å². The lowest BCUT2D eigenvalue weighted by Crippen LogP contribution is -2.49. The lowest BCUT2D eigenvalue weighted by Gasteiger charge is -2.34. The van der Waals surface area contributed by atoms with Crippen LogP contribution in [-0.4, -0.2) is 68.7 Å². The second-order valence-electron chi connectivity index (χ2n) is 6.91. The first-order valence-corrected chi connectivity index (χ1v) is 9.75. The van der Waals surface area contributed by atoms with E-state index in [1.165, 1.54) is 5.56 Å². The van der Waals surface area contributed by atoms with Crippen LogP contribution in [-0.2, 0) is 11.3 Å². The Hall–Kier alpha value is -2.57. The van der Waals surface area contributed by atoms with Crippen LogP contribution in [0.1, 0.15) is 5.56 Å². The van der Waals surface area contributed by atoms with Gasteiger partial charge in [-0.05, 0) is 29.8 Å². The highest BCUT2D eigenvalue weighted by molar-refractivity contribution is 5.78. The predicted molar refractivity (Wildman–Crippen MR) is 110 cm³/mol. The van der Waals surface area contributed by atoms with Crippen LogP contribution >= 0.6 is 0 Å². The highest BCUT2D eigenvalue weighted by Crippen LogP contribution is 2.16. The summed E-state index contributed by atoms with van der Waals surface area (Å²) in [5.41, 5.74) is 1.34. The van der Waals surface area contributed by atoms with Crippen molar-refractivity contribution in [2.75, 3.05) is 53.0 Å². The molecule has 0 atom stereocenters. The summed E-state index contributed by atoms with van der Waals surface area (Å²) in [4.78, 5) is 16.8. The van der Waals surface area contributed by atoms with Crippen LogP contribution in [0.15, 0.2) is 54.6 Å². The minimum atomic E-state index is 0.0508. The number of amides is 1. The standard InChI is InChI=1S/C22H29N3O3/c1-27-20-7-9-21(10-8-20)28-16-11-23-22(26)18-25-14-12-24(13-15-25)17-19-5-3-2-4-6-19/h2-10H,11-18H2,1H3,(H,23,26). The van der Waals surface area contributed by atoms with Crippen molar-refractivity contribution >= 4 is 5.91 Å². The summed E-state index contributed by atoms with van der Waals surface area (Å²) < 4.78 is 10.7. The highest BCUT2D eigenvalue weighted by atomic mass is 16.5. The van der Waals surface area contributed by atoms with Gasteiger partial charge >= 0.3 is 0 Å². The zero-order valence-electron chi connectivity index (χ0n) is 16.5. The summed E-state index contributed by atoms with van der Waals surface area (Å²) in [6.45, 7) is 6.18. The number of piperazine rings is 1. The van der Waals surface area contributed by atoms with Crippen LogP contribution in [0.2, 0.25) is 0 Å². The minimum Gasteiger partial charge on any atom is -0.497 e. The molecule has 0 aliphatic carbocycles. The van der Waals surface area contributed by atoms with Crippen LogP contribution in [0.4, 0.5) is 0 Å². The van der Waals surface area contributed by atoms with E-state index in [1.807, 2.05) is 30.3 Å². The molecule has 0 unspecified atom stereocenters. The third kappa shape index (κ3) is 6.55. The van der Waals surface area contributed by atoms with Crippen molar-refractivity contribution in [3.63, 3.8) is 0 Å². The number of ether oxygens (including phenoxy) is 2. The topological polar surface area (TPSA) is 54.0 Å². The van der Waals surface area contributed by atoms with E-state index in [0.29, 0.717) is 19.7 Å². The maximum atomic E-state index is 12.1. The molecule has 0 bridgehead atoms. The van der Waals surface area contributed by atoms with Gasteiger partial charge in [0, 0.05) is 32.7 Å². The molecule has 0 saturated carbocycles. The lowest BCUT2D eigenvalue weighted by atomic mass is 10.2. The zero-order chi connectivity index (χ0) is 19.6. The summed E-state index contributed by atoms with van der Waals surface area (Å²) in [5, 5.41) is 2.93. The SMILES string of the molecule is COc1ccc(OCCNC(=O)CN2CCN(Cc3ccccc3)CC2)cc1. The van der Waals surface area contributed by atoms with Gasteiger partial charge in [0.15, 0.2) is 0 Å². The molecule has 1 N–H and O–H groups in total. The number of nitrogens with one attached hydrogen (secondary N) is 1. The molecule has 0 spiro atoms. The van der Waals surface area contributed by atoms with Crippen molar-refractivity contribution < 1.29 is 14.3 Å². The summed E-state index contributed by atoms with van der Waals surface area (Å²) in [5.74, 6) is 1.61. The first kappa shape index (κ1) is 20.2. The normalized spacial score (nSPS) is 15.2.